The van der Waals surface area contributed by atoms with Gasteiger partial charge in [-0.1, -0.05) is 71.2 Å². The van der Waals surface area contributed by atoms with Gasteiger partial charge in [-0.05, 0) is 41.5 Å². The predicted octanol–water partition coefficient (Wildman–Crippen LogP) is 7.26. The van der Waals surface area contributed by atoms with Gasteiger partial charge in [0.1, 0.15) is 0 Å². The number of hydrogen-bond acceptors (Lipinski definition) is 1. The van der Waals surface area contributed by atoms with E-state index in [9.17, 15) is 0 Å². The van der Waals surface area contributed by atoms with Crippen LogP contribution in [0.1, 0.15) is 11.1 Å². The molecule has 1 heterocycles. The monoisotopic (exact) mass is 414 g/mol. The van der Waals surface area contributed by atoms with Crippen molar-refractivity contribution in [2.75, 3.05) is 5.32 Å². The van der Waals surface area contributed by atoms with Crippen LogP contribution in [0, 0.1) is 0 Å². The van der Waals surface area contributed by atoms with E-state index < -0.39 is 0 Å². The summed E-state index contributed by atoms with van der Waals surface area (Å²) in [5, 5.41) is 6.64. The van der Waals surface area contributed by atoms with Crippen LogP contribution in [0.3, 0.4) is 0 Å². The van der Waals surface area contributed by atoms with Gasteiger partial charge in [-0.15, -0.1) is 0 Å². The first kappa shape index (κ1) is 18.2. The Balaban J connectivity index is 1.64. The zero-order chi connectivity index (χ0) is 18.8. The van der Waals surface area contributed by atoms with E-state index in [0.717, 1.165) is 22.8 Å². The van der Waals surface area contributed by atoms with Crippen LogP contribution < -0.4 is 5.32 Å². The second kappa shape index (κ2) is 7.85. The average molecular weight is 416 g/mol. The summed E-state index contributed by atoms with van der Waals surface area (Å²) in [5.74, 6) is 0. The van der Waals surface area contributed by atoms with Gasteiger partial charge in [0.15, 0.2) is 0 Å². The van der Waals surface area contributed by atoms with E-state index in [1.807, 2.05) is 30.3 Å². The number of nitrogens with zero attached hydrogens (tertiary/aromatic N) is 1. The van der Waals surface area contributed by atoms with E-state index in [-0.39, 0.29) is 0 Å². The number of fused-ring (bicyclic) bond motifs is 1. The second-order valence-electron chi connectivity index (χ2n) is 6.40. The fourth-order valence-corrected chi connectivity index (χ4v) is 3.98. The lowest BCUT2D eigenvalue weighted by Gasteiger charge is -2.07. The maximum Gasteiger partial charge on any atom is 0.0491 e. The Bertz CT molecular complexity index is 1080. The summed E-state index contributed by atoms with van der Waals surface area (Å²) in [6.07, 6.45) is 2.17. The Morgan fingerprint density at radius 1 is 0.778 bits per heavy atom. The molecule has 0 amide bonds. The zero-order valence-corrected chi connectivity index (χ0v) is 16.7. The summed E-state index contributed by atoms with van der Waals surface area (Å²) in [6, 6.07) is 21.8. The summed E-state index contributed by atoms with van der Waals surface area (Å²) in [6.45, 7) is 1.40. The minimum Gasteiger partial charge on any atom is -0.381 e. The van der Waals surface area contributed by atoms with Crippen molar-refractivity contribution in [3.63, 3.8) is 0 Å². The second-order valence-corrected chi connectivity index (χ2v) is 7.68. The molecule has 0 aliphatic carbocycles. The standard InChI is InChI=1S/C22H17Cl3N2/c23-17-9-18(24)11-19(10-17)26-12-16-14-27(22-8-4-2-6-20(16)22)13-15-5-1-3-7-21(15)25/h1-11,14,26H,12-13H2. The van der Waals surface area contributed by atoms with Crippen LogP contribution in [-0.4, -0.2) is 4.57 Å². The number of halogens is 3. The Morgan fingerprint density at radius 2 is 1.48 bits per heavy atom. The van der Waals surface area contributed by atoms with Gasteiger partial charge in [0.05, 0.1) is 0 Å². The maximum atomic E-state index is 6.35. The molecule has 1 N–H and O–H groups in total. The number of anilines is 1. The van der Waals surface area contributed by atoms with Gasteiger partial charge in [0.25, 0.3) is 0 Å². The van der Waals surface area contributed by atoms with Crippen LogP contribution in [-0.2, 0) is 13.1 Å². The summed E-state index contributed by atoms with van der Waals surface area (Å²) in [7, 11) is 0. The molecule has 3 aromatic carbocycles. The molecule has 2 nitrogen and oxygen atoms in total. The van der Waals surface area contributed by atoms with Crippen molar-refractivity contribution in [1.29, 1.82) is 0 Å². The summed E-state index contributed by atoms with van der Waals surface area (Å²) in [5.41, 5.74) is 4.38. The molecule has 1 aromatic heterocycles. The Labute approximate surface area is 173 Å². The van der Waals surface area contributed by atoms with Crippen molar-refractivity contribution in [2.24, 2.45) is 0 Å². The van der Waals surface area contributed by atoms with Crippen LogP contribution in [0.2, 0.25) is 15.1 Å². The maximum absolute atomic E-state index is 6.35. The molecule has 0 saturated carbocycles. The minimum absolute atomic E-state index is 0.617. The first-order valence-corrected chi connectivity index (χ1v) is 9.73. The number of para-hydroxylation sites is 1. The van der Waals surface area contributed by atoms with E-state index in [2.05, 4.69) is 46.4 Å². The lowest BCUT2D eigenvalue weighted by molar-refractivity contribution is 0.831. The predicted molar refractivity (Wildman–Crippen MR) is 116 cm³/mol. The SMILES string of the molecule is Clc1cc(Cl)cc(NCc2cn(Cc3ccccc3Cl)c3ccccc23)c1. The van der Waals surface area contributed by atoms with Crippen LogP contribution in [0.5, 0.6) is 0 Å². The first-order chi connectivity index (χ1) is 13.1. The normalized spacial score (nSPS) is 11.1. The van der Waals surface area contributed by atoms with Crippen molar-refractivity contribution >= 4 is 51.4 Å². The van der Waals surface area contributed by atoms with Crippen molar-refractivity contribution in [1.82, 2.24) is 4.57 Å². The highest BCUT2D eigenvalue weighted by Crippen LogP contribution is 2.27. The Morgan fingerprint density at radius 3 is 2.26 bits per heavy atom. The molecule has 0 bridgehead atoms. The zero-order valence-electron chi connectivity index (χ0n) is 14.4. The van der Waals surface area contributed by atoms with Crippen LogP contribution in [0.15, 0.2) is 72.9 Å². The van der Waals surface area contributed by atoms with Crippen molar-refractivity contribution in [3.8, 4) is 0 Å². The Kier molecular flexibility index (Phi) is 5.31. The molecule has 4 aromatic rings. The largest absolute Gasteiger partial charge is 0.381 e. The molecular formula is C22H17Cl3N2. The third-order valence-electron chi connectivity index (χ3n) is 4.52. The number of hydrogen-bond donors (Lipinski definition) is 1. The Hall–Kier alpha value is -2.13. The molecule has 27 heavy (non-hydrogen) atoms. The van der Waals surface area contributed by atoms with Crippen LogP contribution in [0.25, 0.3) is 10.9 Å². The molecule has 5 heteroatoms. The molecule has 0 fully saturated rings. The molecule has 0 saturated heterocycles. The van der Waals surface area contributed by atoms with Gasteiger partial charge in [-0.2, -0.15) is 0 Å². The number of nitrogens with one attached hydrogen (secondary N) is 1. The molecule has 0 radical (unpaired) electrons. The molecule has 0 unspecified atom stereocenters. The lowest BCUT2D eigenvalue weighted by atomic mass is 10.1. The fraction of sp³-hybridized carbons (Fsp3) is 0.0909. The van der Waals surface area contributed by atoms with Crippen LogP contribution >= 0.6 is 34.8 Å². The fourth-order valence-electron chi connectivity index (χ4n) is 3.26. The molecular weight excluding hydrogens is 399 g/mol. The van der Waals surface area contributed by atoms with E-state index in [0.29, 0.717) is 16.6 Å². The topological polar surface area (TPSA) is 17.0 Å². The molecule has 0 aliphatic rings. The highest BCUT2D eigenvalue weighted by molar-refractivity contribution is 6.35. The van der Waals surface area contributed by atoms with Gasteiger partial charge in [0.2, 0.25) is 0 Å². The van der Waals surface area contributed by atoms with E-state index >= 15 is 0 Å². The van der Waals surface area contributed by atoms with Gasteiger partial charge in [-0.3, -0.25) is 0 Å². The van der Waals surface area contributed by atoms with E-state index in [1.54, 1.807) is 6.07 Å². The smallest absolute Gasteiger partial charge is 0.0491 e. The van der Waals surface area contributed by atoms with Gasteiger partial charge >= 0.3 is 0 Å². The van der Waals surface area contributed by atoms with Crippen molar-refractivity contribution in [2.45, 2.75) is 13.1 Å². The third kappa shape index (κ3) is 4.08. The molecule has 136 valence electrons. The first-order valence-electron chi connectivity index (χ1n) is 8.60. The third-order valence-corrected chi connectivity index (χ3v) is 5.32. The number of rotatable bonds is 5. The number of aromatic nitrogens is 1. The summed E-state index contributed by atoms with van der Waals surface area (Å²) >= 11 is 18.5. The van der Waals surface area contributed by atoms with E-state index in [1.165, 1.54) is 16.5 Å². The summed E-state index contributed by atoms with van der Waals surface area (Å²) < 4.78 is 2.23. The molecule has 0 spiro atoms. The van der Waals surface area contributed by atoms with Crippen molar-refractivity contribution < 1.29 is 0 Å². The highest BCUT2D eigenvalue weighted by Gasteiger charge is 2.10. The van der Waals surface area contributed by atoms with Crippen LogP contribution in [0.4, 0.5) is 5.69 Å². The number of benzene rings is 3. The van der Waals surface area contributed by atoms with Gasteiger partial charge < -0.3 is 9.88 Å². The molecule has 0 aliphatic heterocycles. The van der Waals surface area contributed by atoms with Crippen molar-refractivity contribution in [3.05, 3.63) is 99.1 Å². The average Bonchev–Trinajstić information content (AvgIpc) is 2.99. The van der Waals surface area contributed by atoms with E-state index in [4.69, 9.17) is 34.8 Å². The molecule has 4 rings (SSSR count). The quantitative estimate of drug-likeness (QED) is 0.363. The minimum atomic E-state index is 0.617. The van der Waals surface area contributed by atoms with Gasteiger partial charge in [0, 0.05) is 50.9 Å². The lowest BCUT2D eigenvalue weighted by Crippen LogP contribution is -2.00. The highest BCUT2D eigenvalue weighted by atomic mass is 35.5. The molecule has 0 atom stereocenters. The van der Waals surface area contributed by atoms with Gasteiger partial charge in [-0.25, -0.2) is 0 Å². The summed E-state index contributed by atoms with van der Waals surface area (Å²) in [4.78, 5) is 0.